The summed E-state index contributed by atoms with van der Waals surface area (Å²) in [6, 6.07) is 5.09. The summed E-state index contributed by atoms with van der Waals surface area (Å²) in [5, 5.41) is 3.46. The van der Waals surface area contributed by atoms with E-state index in [4.69, 9.17) is 4.74 Å². The number of aryl methyl sites for hydroxylation is 1. The molecule has 0 spiro atoms. The molecule has 0 radical (unpaired) electrons. The molecule has 0 amide bonds. The van der Waals surface area contributed by atoms with Crippen molar-refractivity contribution in [2.24, 2.45) is 0 Å². The van der Waals surface area contributed by atoms with Crippen molar-refractivity contribution in [1.82, 2.24) is 5.32 Å². The van der Waals surface area contributed by atoms with E-state index in [2.05, 4.69) is 26.1 Å². The number of hydrogen-bond donors (Lipinski definition) is 1. The van der Waals surface area contributed by atoms with E-state index < -0.39 is 0 Å². The van der Waals surface area contributed by atoms with Crippen molar-refractivity contribution in [2.45, 2.75) is 52.0 Å². The molecule has 0 saturated carbocycles. The molecule has 0 aliphatic rings. The Morgan fingerprint density at radius 3 is 2.47 bits per heavy atom. The van der Waals surface area contributed by atoms with Gasteiger partial charge in [-0.3, -0.25) is 0 Å². The predicted molar refractivity (Wildman–Crippen MR) is 78.3 cm³/mol. The van der Waals surface area contributed by atoms with Crippen LogP contribution in [0.15, 0.2) is 18.2 Å². The summed E-state index contributed by atoms with van der Waals surface area (Å²) in [4.78, 5) is 0. The monoisotopic (exact) mass is 267 g/mol. The number of methoxy groups -OCH3 is 1. The highest BCUT2D eigenvalue weighted by Crippen LogP contribution is 2.18. The number of rotatable bonds is 7. The number of benzene rings is 1. The summed E-state index contributed by atoms with van der Waals surface area (Å²) in [5.74, 6) is 0.419. The quantitative estimate of drug-likeness (QED) is 0.756. The Hall–Kier alpha value is -1.09. The van der Waals surface area contributed by atoms with Crippen LogP contribution in [-0.2, 0) is 6.42 Å². The molecule has 0 aliphatic carbocycles. The molecule has 0 aromatic heterocycles. The maximum absolute atomic E-state index is 13.7. The minimum absolute atomic E-state index is 0.160. The summed E-state index contributed by atoms with van der Waals surface area (Å²) in [6.07, 6.45) is 4.07. The molecule has 0 aliphatic heterocycles. The zero-order valence-corrected chi connectivity index (χ0v) is 12.6. The number of hydrogen-bond acceptors (Lipinski definition) is 2. The van der Waals surface area contributed by atoms with Crippen LogP contribution in [-0.4, -0.2) is 19.2 Å². The zero-order valence-electron chi connectivity index (χ0n) is 12.6. The van der Waals surface area contributed by atoms with Crippen LogP contribution in [0.5, 0.6) is 5.75 Å². The van der Waals surface area contributed by atoms with Crippen LogP contribution in [0.25, 0.3) is 0 Å². The Balaban J connectivity index is 2.23. The van der Waals surface area contributed by atoms with Crippen molar-refractivity contribution >= 4 is 0 Å². The average Bonchev–Trinajstić information content (AvgIpc) is 2.33. The molecule has 1 N–H and O–H groups in total. The van der Waals surface area contributed by atoms with Gasteiger partial charge >= 0.3 is 0 Å². The summed E-state index contributed by atoms with van der Waals surface area (Å²) in [5.41, 5.74) is 0.965. The molecule has 108 valence electrons. The summed E-state index contributed by atoms with van der Waals surface area (Å²) in [6.45, 7) is 7.52. The first-order chi connectivity index (χ1) is 8.92. The predicted octanol–water partition coefficient (Wildman–Crippen LogP) is 3.94. The van der Waals surface area contributed by atoms with E-state index in [0.29, 0.717) is 5.75 Å². The van der Waals surface area contributed by atoms with E-state index in [1.807, 2.05) is 12.1 Å². The fourth-order valence-corrected chi connectivity index (χ4v) is 1.94. The largest absolute Gasteiger partial charge is 0.497 e. The minimum atomic E-state index is -0.160. The normalized spacial score (nSPS) is 11.6. The molecule has 0 unspecified atom stereocenters. The van der Waals surface area contributed by atoms with Crippen molar-refractivity contribution in [2.75, 3.05) is 13.7 Å². The van der Waals surface area contributed by atoms with Crippen LogP contribution >= 0.6 is 0 Å². The van der Waals surface area contributed by atoms with E-state index in [9.17, 15) is 4.39 Å². The summed E-state index contributed by atoms with van der Waals surface area (Å²) in [7, 11) is 1.55. The topological polar surface area (TPSA) is 21.3 Å². The molecule has 19 heavy (non-hydrogen) atoms. The third kappa shape index (κ3) is 6.58. The molecule has 3 heteroatoms. The fourth-order valence-electron chi connectivity index (χ4n) is 1.94. The van der Waals surface area contributed by atoms with Crippen LogP contribution in [0.1, 0.15) is 45.6 Å². The molecule has 2 nitrogen and oxygen atoms in total. The van der Waals surface area contributed by atoms with E-state index in [1.165, 1.54) is 6.07 Å². The summed E-state index contributed by atoms with van der Waals surface area (Å²) < 4.78 is 18.7. The van der Waals surface area contributed by atoms with Crippen molar-refractivity contribution in [1.29, 1.82) is 0 Å². The van der Waals surface area contributed by atoms with E-state index in [1.54, 1.807) is 7.11 Å². The fraction of sp³-hybridized carbons (Fsp3) is 0.625. The van der Waals surface area contributed by atoms with E-state index in [-0.39, 0.29) is 11.4 Å². The third-order valence-corrected chi connectivity index (χ3v) is 3.04. The number of ether oxygens (including phenoxy) is 1. The van der Waals surface area contributed by atoms with Gasteiger partial charge in [0.15, 0.2) is 0 Å². The molecule has 0 atom stereocenters. The smallest absolute Gasteiger partial charge is 0.130 e. The van der Waals surface area contributed by atoms with Gasteiger partial charge < -0.3 is 10.1 Å². The number of nitrogens with one attached hydrogen (secondary N) is 1. The van der Waals surface area contributed by atoms with Gasteiger partial charge in [0.1, 0.15) is 11.6 Å². The van der Waals surface area contributed by atoms with Crippen LogP contribution in [0.2, 0.25) is 0 Å². The van der Waals surface area contributed by atoms with Gasteiger partial charge in [-0.2, -0.15) is 0 Å². The van der Waals surface area contributed by atoms with Gasteiger partial charge in [-0.05, 0) is 58.2 Å². The number of halogens is 1. The molecule has 0 saturated heterocycles. The Bertz CT molecular complexity index is 385. The van der Waals surface area contributed by atoms with Gasteiger partial charge in [-0.25, -0.2) is 4.39 Å². The van der Waals surface area contributed by atoms with Gasteiger partial charge in [-0.15, -0.1) is 0 Å². The average molecular weight is 267 g/mol. The van der Waals surface area contributed by atoms with Crippen molar-refractivity contribution < 1.29 is 9.13 Å². The second-order valence-electron chi connectivity index (χ2n) is 5.94. The van der Waals surface area contributed by atoms with Crippen LogP contribution in [0.4, 0.5) is 4.39 Å². The molecule has 1 aromatic rings. The molecular weight excluding hydrogens is 241 g/mol. The Kier molecular flexibility index (Phi) is 6.29. The van der Waals surface area contributed by atoms with Gasteiger partial charge in [0.2, 0.25) is 0 Å². The first-order valence-electron chi connectivity index (χ1n) is 7.00. The third-order valence-electron chi connectivity index (χ3n) is 3.04. The second kappa shape index (κ2) is 7.49. The molecular formula is C16H26FNO. The second-order valence-corrected chi connectivity index (χ2v) is 5.94. The van der Waals surface area contributed by atoms with Gasteiger partial charge in [0.05, 0.1) is 7.11 Å². The van der Waals surface area contributed by atoms with E-state index >= 15 is 0 Å². The Labute approximate surface area is 116 Å². The lowest BCUT2D eigenvalue weighted by molar-refractivity contribution is 0.410. The van der Waals surface area contributed by atoms with Crippen LogP contribution < -0.4 is 10.1 Å². The molecule has 0 bridgehead atoms. The van der Waals surface area contributed by atoms with Gasteiger partial charge in [0, 0.05) is 11.6 Å². The molecule has 1 aromatic carbocycles. The molecule has 0 fully saturated rings. The lowest BCUT2D eigenvalue weighted by atomic mass is 10.1. The Morgan fingerprint density at radius 1 is 1.16 bits per heavy atom. The lowest BCUT2D eigenvalue weighted by Crippen LogP contribution is -2.36. The SMILES string of the molecule is COc1ccc(CCCCCNC(C)(C)C)c(F)c1. The van der Waals surface area contributed by atoms with Crippen LogP contribution in [0, 0.1) is 5.82 Å². The first-order valence-corrected chi connectivity index (χ1v) is 7.00. The standard InChI is InChI=1S/C16H26FNO/c1-16(2,3)18-11-7-5-6-8-13-9-10-14(19-4)12-15(13)17/h9-10,12,18H,5-8,11H2,1-4H3. The molecule has 1 rings (SSSR count). The highest BCUT2D eigenvalue weighted by atomic mass is 19.1. The maximum atomic E-state index is 13.7. The number of unbranched alkanes of at least 4 members (excludes halogenated alkanes) is 2. The van der Waals surface area contributed by atoms with Crippen molar-refractivity contribution in [3.63, 3.8) is 0 Å². The van der Waals surface area contributed by atoms with Crippen molar-refractivity contribution in [3.8, 4) is 5.75 Å². The minimum Gasteiger partial charge on any atom is -0.497 e. The maximum Gasteiger partial charge on any atom is 0.130 e. The Morgan fingerprint density at radius 2 is 1.89 bits per heavy atom. The van der Waals surface area contributed by atoms with Crippen LogP contribution in [0.3, 0.4) is 0 Å². The summed E-state index contributed by atoms with van der Waals surface area (Å²) >= 11 is 0. The highest BCUT2D eigenvalue weighted by Gasteiger charge is 2.07. The van der Waals surface area contributed by atoms with E-state index in [0.717, 1.165) is 37.8 Å². The lowest BCUT2D eigenvalue weighted by Gasteiger charge is -2.20. The van der Waals surface area contributed by atoms with Gasteiger partial charge in [-0.1, -0.05) is 12.5 Å². The van der Waals surface area contributed by atoms with Crippen molar-refractivity contribution in [3.05, 3.63) is 29.6 Å². The van der Waals surface area contributed by atoms with Gasteiger partial charge in [0.25, 0.3) is 0 Å². The highest BCUT2D eigenvalue weighted by molar-refractivity contribution is 5.28. The first kappa shape index (κ1) is 16.0. The zero-order chi connectivity index (χ0) is 14.3. The molecule has 0 heterocycles.